The van der Waals surface area contributed by atoms with Gasteiger partial charge in [0.05, 0.1) is 12.2 Å². The summed E-state index contributed by atoms with van der Waals surface area (Å²) in [6, 6.07) is 15.2. The van der Waals surface area contributed by atoms with E-state index in [9.17, 15) is 14.4 Å². The highest BCUT2D eigenvalue weighted by Crippen LogP contribution is 2.12. The van der Waals surface area contributed by atoms with Gasteiger partial charge in [-0.3, -0.25) is 0 Å². The number of rotatable bonds is 8. The Morgan fingerprint density at radius 1 is 0.903 bits per heavy atom. The molecule has 0 radical (unpaired) electrons. The molecule has 31 heavy (non-hydrogen) atoms. The Kier molecular flexibility index (Phi) is 8.61. The first-order valence-corrected chi connectivity index (χ1v) is 10.1. The first-order chi connectivity index (χ1) is 14.7. The van der Waals surface area contributed by atoms with Gasteiger partial charge in [0.25, 0.3) is 0 Å². The van der Waals surface area contributed by atoms with Crippen LogP contribution in [0.2, 0.25) is 0 Å². The molecule has 7 heteroatoms. The smallest absolute Gasteiger partial charge is 0.408 e. The van der Waals surface area contributed by atoms with E-state index in [2.05, 4.69) is 5.32 Å². The number of hydrogen-bond donors (Lipinski definition) is 1. The molecule has 1 amide bonds. The topological polar surface area (TPSA) is 90.9 Å². The SMILES string of the molecule is CCOC(=O)[C@H](Cc1ccc(C(=O)OCc2ccccc2)cc1)NC(=O)OC(C)(C)C. The Bertz CT molecular complexity index is 871. The number of esters is 2. The van der Waals surface area contributed by atoms with Crippen molar-refractivity contribution >= 4 is 18.0 Å². The van der Waals surface area contributed by atoms with Crippen molar-refractivity contribution in [3.63, 3.8) is 0 Å². The van der Waals surface area contributed by atoms with E-state index in [0.29, 0.717) is 5.56 Å². The Balaban J connectivity index is 2.00. The average Bonchev–Trinajstić information content (AvgIpc) is 2.71. The summed E-state index contributed by atoms with van der Waals surface area (Å²) in [6.45, 7) is 7.28. The van der Waals surface area contributed by atoms with Gasteiger partial charge in [-0.05, 0) is 51.0 Å². The minimum atomic E-state index is -0.911. The van der Waals surface area contributed by atoms with Crippen LogP contribution in [0.3, 0.4) is 0 Å². The molecule has 1 atom stereocenters. The number of amides is 1. The highest BCUT2D eigenvalue weighted by atomic mass is 16.6. The van der Waals surface area contributed by atoms with Crippen LogP contribution in [-0.2, 0) is 32.0 Å². The van der Waals surface area contributed by atoms with Gasteiger partial charge in [-0.2, -0.15) is 0 Å². The van der Waals surface area contributed by atoms with Gasteiger partial charge >= 0.3 is 18.0 Å². The van der Waals surface area contributed by atoms with E-state index in [-0.39, 0.29) is 19.6 Å². The van der Waals surface area contributed by atoms with Gasteiger partial charge in [0.2, 0.25) is 0 Å². The van der Waals surface area contributed by atoms with Crippen molar-refractivity contribution in [2.24, 2.45) is 0 Å². The molecule has 0 aliphatic rings. The van der Waals surface area contributed by atoms with Crippen LogP contribution < -0.4 is 5.32 Å². The first kappa shape index (κ1) is 23.9. The Labute approximate surface area is 182 Å². The zero-order valence-electron chi connectivity index (χ0n) is 18.3. The molecule has 0 saturated heterocycles. The van der Waals surface area contributed by atoms with Gasteiger partial charge in [0.1, 0.15) is 18.2 Å². The molecule has 0 spiro atoms. The second kappa shape index (κ2) is 11.2. The second-order valence-electron chi connectivity index (χ2n) is 7.91. The molecule has 2 aromatic rings. The molecular weight excluding hydrogens is 398 g/mol. The predicted octanol–water partition coefficient (Wildman–Crippen LogP) is 4.04. The van der Waals surface area contributed by atoms with Crippen molar-refractivity contribution in [2.45, 2.75) is 52.4 Å². The van der Waals surface area contributed by atoms with Gasteiger partial charge in [0, 0.05) is 6.42 Å². The summed E-state index contributed by atoms with van der Waals surface area (Å²) in [6.07, 6.45) is -0.510. The molecule has 0 aliphatic carbocycles. The van der Waals surface area contributed by atoms with E-state index in [0.717, 1.165) is 11.1 Å². The first-order valence-electron chi connectivity index (χ1n) is 10.1. The zero-order chi connectivity index (χ0) is 22.9. The van der Waals surface area contributed by atoms with Crippen LogP contribution in [0.4, 0.5) is 4.79 Å². The fourth-order valence-corrected chi connectivity index (χ4v) is 2.71. The van der Waals surface area contributed by atoms with E-state index in [1.807, 2.05) is 30.3 Å². The third-order valence-electron chi connectivity index (χ3n) is 4.10. The van der Waals surface area contributed by atoms with E-state index < -0.39 is 29.7 Å². The maximum atomic E-state index is 12.3. The van der Waals surface area contributed by atoms with Crippen molar-refractivity contribution in [2.75, 3.05) is 6.61 Å². The Morgan fingerprint density at radius 2 is 1.55 bits per heavy atom. The number of alkyl carbamates (subject to hydrolysis) is 1. The fourth-order valence-electron chi connectivity index (χ4n) is 2.71. The number of hydrogen-bond acceptors (Lipinski definition) is 6. The lowest BCUT2D eigenvalue weighted by atomic mass is 10.0. The molecule has 7 nitrogen and oxygen atoms in total. The molecule has 0 bridgehead atoms. The lowest BCUT2D eigenvalue weighted by molar-refractivity contribution is -0.145. The average molecular weight is 427 g/mol. The number of benzene rings is 2. The van der Waals surface area contributed by atoms with Crippen LogP contribution in [0.1, 0.15) is 49.2 Å². The number of ether oxygens (including phenoxy) is 3. The van der Waals surface area contributed by atoms with E-state index in [1.54, 1.807) is 52.0 Å². The quantitative estimate of drug-likeness (QED) is 0.505. The third kappa shape index (κ3) is 8.50. The van der Waals surface area contributed by atoms with Crippen LogP contribution >= 0.6 is 0 Å². The van der Waals surface area contributed by atoms with E-state index in [4.69, 9.17) is 14.2 Å². The fraction of sp³-hybridized carbons (Fsp3) is 0.375. The van der Waals surface area contributed by atoms with E-state index in [1.165, 1.54) is 0 Å². The largest absolute Gasteiger partial charge is 0.464 e. The van der Waals surface area contributed by atoms with Crippen molar-refractivity contribution in [3.8, 4) is 0 Å². The second-order valence-corrected chi connectivity index (χ2v) is 7.91. The maximum absolute atomic E-state index is 12.3. The molecule has 166 valence electrons. The van der Waals surface area contributed by atoms with Gasteiger partial charge in [-0.1, -0.05) is 42.5 Å². The minimum absolute atomic E-state index is 0.187. The van der Waals surface area contributed by atoms with Crippen LogP contribution in [0, 0.1) is 0 Å². The summed E-state index contributed by atoms with van der Waals surface area (Å²) in [4.78, 5) is 36.6. The molecule has 0 aromatic heterocycles. The summed E-state index contributed by atoms with van der Waals surface area (Å²) in [7, 11) is 0. The predicted molar refractivity (Wildman–Crippen MR) is 115 cm³/mol. The molecule has 0 heterocycles. The van der Waals surface area contributed by atoms with E-state index >= 15 is 0 Å². The van der Waals surface area contributed by atoms with Crippen LogP contribution in [0.25, 0.3) is 0 Å². The van der Waals surface area contributed by atoms with Gasteiger partial charge in [-0.15, -0.1) is 0 Å². The zero-order valence-corrected chi connectivity index (χ0v) is 18.3. The minimum Gasteiger partial charge on any atom is -0.464 e. The van der Waals surface area contributed by atoms with Crippen molar-refractivity contribution in [1.82, 2.24) is 5.32 Å². The monoisotopic (exact) mass is 427 g/mol. The van der Waals surface area contributed by atoms with Crippen LogP contribution in [0.15, 0.2) is 54.6 Å². The third-order valence-corrected chi connectivity index (χ3v) is 4.10. The molecule has 0 fully saturated rings. The highest BCUT2D eigenvalue weighted by molar-refractivity contribution is 5.89. The molecule has 1 N–H and O–H groups in total. The molecule has 2 rings (SSSR count). The Hall–Kier alpha value is -3.35. The van der Waals surface area contributed by atoms with Crippen molar-refractivity contribution in [3.05, 3.63) is 71.3 Å². The summed E-state index contributed by atoms with van der Waals surface area (Å²) in [5, 5.41) is 2.56. The van der Waals surface area contributed by atoms with Crippen LogP contribution in [-0.4, -0.2) is 36.3 Å². The van der Waals surface area contributed by atoms with Gasteiger partial charge in [0.15, 0.2) is 0 Å². The summed E-state index contributed by atoms with van der Waals surface area (Å²) in [5.41, 5.74) is 1.35. The highest BCUT2D eigenvalue weighted by Gasteiger charge is 2.25. The molecule has 0 aliphatic heterocycles. The van der Waals surface area contributed by atoms with Gasteiger partial charge in [-0.25, -0.2) is 14.4 Å². The van der Waals surface area contributed by atoms with Crippen LogP contribution in [0.5, 0.6) is 0 Å². The molecule has 0 saturated carbocycles. The maximum Gasteiger partial charge on any atom is 0.408 e. The lowest BCUT2D eigenvalue weighted by Gasteiger charge is -2.23. The summed E-state index contributed by atoms with van der Waals surface area (Å²) in [5.74, 6) is -0.996. The number of carbonyl (C=O) groups excluding carboxylic acids is 3. The molecule has 2 aromatic carbocycles. The van der Waals surface area contributed by atoms with Gasteiger partial charge < -0.3 is 19.5 Å². The van der Waals surface area contributed by atoms with Crippen molar-refractivity contribution in [1.29, 1.82) is 0 Å². The Morgan fingerprint density at radius 3 is 2.13 bits per heavy atom. The standard InChI is InChI=1S/C24H29NO6/c1-5-29-22(27)20(25-23(28)31-24(2,3)4)15-17-11-13-19(14-12-17)21(26)30-16-18-9-7-6-8-10-18/h6-14,20H,5,15-16H2,1-4H3,(H,25,28)/t20-/m0/s1. The summed E-state index contributed by atoms with van der Waals surface area (Å²) < 4.78 is 15.6. The normalized spacial score (nSPS) is 11.9. The number of nitrogens with one attached hydrogen (secondary N) is 1. The molecular formula is C24H29NO6. The number of carbonyl (C=O) groups is 3. The summed E-state index contributed by atoms with van der Waals surface area (Å²) >= 11 is 0. The van der Waals surface area contributed by atoms with Crippen molar-refractivity contribution < 1.29 is 28.6 Å². The molecule has 0 unspecified atom stereocenters. The lowest BCUT2D eigenvalue weighted by Crippen LogP contribution is -2.45.